The van der Waals surface area contributed by atoms with Crippen molar-refractivity contribution in [2.45, 2.75) is 44.6 Å². The second kappa shape index (κ2) is 17.9. The Balaban J connectivity index is 1.11. The van der Waals surface area contributed by atoms with Crippen LogP contribution in [0.3, 0.4) is 0 Å². The molecule has 1 aromatic heterocycles. The fourth-order valence-electron chi connectivity index (χ4n) is 4.89. The first-order valence-electron chi connectivity index (χ1n) is 15.8. The van der Waals surface area contributed by atoms with Gasteiger partial charge in [0.15, 0.2) is 29.5 Å². The average molecular weight is 681 g/mol. The molecule has 0 radical (unpaired) electrons. The van der Waals surface area contributed by atoms with Crippen LogP contribution in [0.1, 0.15) is 38.5 Å². The van der Waals surface area contributed by atoms with E-state index in [-0.39, 0.29) is 55.4 Å². The summed E-state index contributed by atoms with van der Waals surface area (Å²) in [6, 6.07) is 8.84. The van der Waals surface area contributed by atoms with Crippen LogP contribution in [-0.4, -0.2) is 80.3 Å². The zero-order chi connectivity index (χ0) is 35.2. The van der Waals surface area contributed by atoms with E-state index in [9.17, 15) is 29.1 Å². The van der Waals surface area contributed by atoms with Crippen molar-refractivity contribution in [3.8, 4) is 28.4 Å². The molecular weight excluding hydrogens is 640 g/mol. The molecular formula is C33H40N6O10. The maximum atomic E-state index is 13.2. The lowest BCUT2D eigenvalue weighted by molar-refractivity contribution is -0.142. The Morgan fingerprint density at radius 1 is 0.918 bits per heavy atom. The van der Waals surface area contributed by atoms with Crippen molar-refractivity contribution in [3.63, 3.8) is 0 Å². The third kappa shape index (κ3) is 11.2. The van der Waals surface area contributed by atoms with Crippen molar-refractivity contribution in [3.05, 3.63) is 52.9 Å². The molecule has 0 saturated heterocycles. The van der Waals surface area contributed by atoms with Crippen LogP contribution in [0.5, 0.6) is 17.2 Å². The normalized spacial score (nSPS) is 12.4. The molecule has 4 rings (SSSR count). The Labute approximate surface area is 281 Å². The molecule has 1 aliphatic heterocycles. The van der Waals surface area contributed by atoms with Crippen LogP contribution >= 0.6 is 0 Å². The van der Waals surface area contributed by atoms with Gasteiger partial charge in [-0.05, 0) is 55.5 Å². The number of benzene rings is 2. The first-order chi connectivity index (χ1) is 23.6. The SMILES string of the molecule is NC(N)=NCCC[C@H](NC(=O)CCCCCNC(=O)CNC(=O)COc1ccc2c(=O)c(-c3ccc4c(c3)OCCO4)coc2c1)C(=O)O. The minimum Gasteiger partial charge on any atom is -0.486 e. The van der Waals surface area contributed by atoms with Gasteiger partial charge in [-0.15, -0.1) is 0 Å². The number of carbonyl (C=O) groups excluding carboxylic acids is 3. The summed E-state index contributed by atoms with van der Waals surface area (Å²) in [6.45, 7) is 0.887. The van der Waals surface area contributed by atoms with Gasteiger partial charge in [-0.1, -0.05) is 12.5 Å². The van der Waals surface area contributed by atoms with E-state index in [0.29, 0.717) is 79.2 Å². The molecule has 8 N–H and O–H groups in total. The quantitative estimate of drug-likeness (QED) is 0.0626. The van der Waals surface area contributed by atoms with E-state index in [2.05, 4.69) is 20.9 Å². The minimum atomic E-state index is -1.13. The molecule has 16 nitrogen and oxygen atoms in total. The van der Waals surface area contributed by atoms with Gasteiger partial charge in [-0.2, -0.15) is 0 Å². The van der Waals surface area contributed by atoms with Crippen LogP contribution in [-0.2, 0) is 19.2 Å². The van der Waals surface area contributed by atoms with Gasteiger partial charge < -0.3 is 51.2 Å². The van der Waals surface area contributed by atoms with Gasteiger partial charge in [0.25, 0.3) is 5.91 Å². The number of hydrogen-bond donors (Lipinski definition) is 6. The van der Waals surface area contributed by atoms with E-state index < -0.39 is 23.8 Å². The Hall–Kier alpha value is -5.80. The summed E-state index contributed by atoms with van der Waals surface area (Å²) >= 11 is 0. The van der Waals surface area contributed by atoms with E-state index in [1.165, 1.54) is 12.3 Å². The number of nitrogens with zero attached hydrogens (tertiary/aromatic N) is 1. The molecule has 0 saturated carbocycles. The van der Waals surface area contributed by atoms with Crippen LogP contribution in [0, 0.1) is 0 Å². The lowest BCUT2D eigenvalue weighted by atomic mass is 10.0. The number of nitrogens with two attached hydrogens (primary N) is 2. The highest BCUT2D eigenvalue weighted by molar-refractivity contribution is 5.86. The number of amides is 3. The molecule has 3 amide bonds. The van der Waals surface area contributed by atoms with Gasteiger partial charge in [-0.25, -0.2) is 4.79 Å². The number of nitrogens with one attached hydrogen (secondary N) is 3. The number of hydrogen-bond acceptors (Lipinski definition) is 10. The predicted octanol–water partition coefficient (Wildman–Crippen LogP) is 1.03. The second-order valence-corrected chi connectivity index (χ2v) is 11.1. The van der Waals surface area contributed by atoms with Crippen LogP contribution in [0.25, 0.3) is 22.1 Å². The molecule has 0 bridgehead atoms. The fourth-order valence-corrected chi connectivity index (χ4v) is 4.89. The summed E-state index contributed by atoms with van der Waals surface area (Å²) in [4.78, 5) is 64.8. The number of unbranched alkanes of at least 4 members (excludes halogenated alkanes) is 2. The Morgan fingerprint density at radius 2 is 1.71 bits per heavy atom. The van der Waals surface area contributed by atoms with E-state index in [1.807, 2.05) is 0 Å². The number of carboxylic acid groups (broad SMARTS) is 1. The molecule has 2 heterocycles. The number of ether oxygens (including phenoxy) is 3. The van der Waals surface area contributed by atoms with Crippen molar-refractivity contribution < 1.29 is 42.9 Å². The molecule has 16 heteroatoms. The topological polar surface area (TPSA) is 247 Å². The molecule has 0 aliphatic carbocycles. The summed E-state index contributed by atoms with van der Waals surface area (Å²) in [5.74, 6) is -1.03. The van der Waals surface area contributed by atoms with E-state index in [4.69, 9.17) is 30.1 Å². The third-order valence-corrected chi connectivity index (χ3v) is 7.40. The zero-order valence-electron chi connectivity index (χ0n) is 26.8. The molecule has 0 fully saturated rings. The van der Waals surface area contributed by atoms with Crippen LogP contribution in [0.15, 0.2) is 56.9 Å². The maximum Gasteiger partial charge on any atom is 0.326 e. The molecule has 262 valence electrons. The molecule has 0 spiro atoms. The van der Waals surface area contributed by atoms with Crippen molar-refractivity contribution in [2.75, 3.05) is 39.5 Å². The van der Waals surface area contributed by atoms with E-state index in [1.54, 1.807) is 30.3 Å². The van der Waals surface area contributed by atoms with Gasteiger partial charge in [0.05, 0.1) is 17.5 Å². The lowest BCUT2D eigenvalue weighted by Crippen LogP contribution is -2.40. The molecule has 49 heavy (non-hydrogen) atoms. The number of carboxylic acids is 1. The fraction of sp³-hybridized carbons (Fsp3) is 0.394. The smallest absolute Gasteiger partial charge is 0.326 e. The van der Waals surface area contributed by atoms with Crippen LogP contribution in [0.2, 0.25) is 0 Å². The van der Waals surface area contributed by atoms with Crippen molar-refractivity contribution >= 4 is 40.6 Å². The molecule has 1 aliphatic rings. The average Bonchev–Trinajstić information content (AvgIpc) is 3.08. The highest BCUT2D eigenvalue weighted by Gasteiger charge is 2.19. The number of rotatable bonds is 18. The summed E-state index contributed by atoms with van der Waals surface area (Å²) in [7, 11) is 0. The van der Waals surface area contributed by atoms with E-state index in [0.717, 1.165) is 0 Å². The minimum absolute atomic E-state index is 0.0798. The van der Waals surface area contributed by atoms with Crippen molar-refractivity contribution in [2.24, 2.45) is 16.5 Å². The number of guanidine groups is 1. The molecule has 0 unspecified atom stereocenters. The van der Waals surface area contributed by atoms with Crippen molar-refractivity contribution in [1.82, 2.24) is 16.0 Å². The molecule has 2 aromatic carbocycles. The monoisotopic (exact) mass is 680 g/mol. The van der Waals surface area contributed by atoms with Gasteiger partial charge >= 0.3 is 5.97 Å². The highest BCUT2D eigenvalue weighted by atomic mass is 16.6. The Bertz CT molecular complexity index is 1740. The standard InChI is InChI=1S/C33H40N6O10/c34-33(35)37-12-4-5-24(32(44)45)39-28(40)6-2-1-3-11-36-29(41)17-38-30(42)19-48-21-8-9-22-26(16-21)49-18-23(31(22)43)20-7-10-25-27(15-20)47-14-13-46-25/h7-10,15-16,18,24H,1-6,11-14,17,19H2,(H,36,41)(H,38,42)(H,39,40)(H,44,45)(H4,34,35,37)/t24-/m0/s1. The second-order valence-electron chi connectivity index (χ2n) is 11.1. The highest BCUT2D eigenvalue weighted by Crippen LogP contribution is 2.34. The summed E-state index contributed by atoms with van der Waals surface area (Å²) < 4.78 is 22.4. The summed E-state index contributed by atoms with van der Waals surface area (Å²) in [5, 5.41) is 17.3. The number of carbonyl (C=O) groups is 4. The Kier molecular flexibility index (Phi) is 13.2. The first kappa shape index (κ1) is 36.0. The van der Waals surface area contributed by atoms with Crippen LogP contribution in [0.4, 0.5) is 0 Å². The third-order valence-electron chi connectivity index (χ3n) is 7.40. The zero-order valence-corrected chi connectivity index (χ0v) is 26.8. The Morgan fingerprint density at radius 3 is 2.49 bits per heavy atom. The molecule has 3 aromatic rings. The van der Waals surface area contributed by atoms with Gasteiger partial charge in [0.1, 0.15) is 36.9 Å². The number of aliphatic carboxylic acids is 1. The van der Waals surface area contributed by atoms with Crippen molar-refractivity contribution in [1.29, 1.82) is 0 Å². The van der Waals surface area contributed by atoms with Gasteiger partial charge in [-0.3, -0.25) is 24.2 Å². The largest absolute Gasteiger partial charge is 0.486 e. The summed E-state index contributed by atoms with van der Waals surface area (Å²) in [6.07, 6.45) is 3.83. The van der Waals surface area contributed by atoms with Gasteiger partial charge in [0.2, 0.25) is 11.8 Å². The number of fused-ring (bicyclic) bond motifs is 2. The lowest BCUT2D eigenvalue weighted by Gasteiger charge is -2.18. The molecule has 1 atom stereocenters. The van der Waals surface area contributed by atoms with Crippen LogP contribution < -0.4 is 47.1 Å². The summed E-state index contributed by atoms with van der Waals surface area (Å²) in [5.41, 5.74) is 11.5. The first-order valence-corrected chi connectivity index (χ1v) is 15.8. The maximum absolute atomic E-state index is 13.2. The van der Waals surface area contributed by atoms with E-state index >= 15 is 0 Å². The number of aliphatic imine (C=N–C) groups is 1. The predicted molar refractivity (Wildman–Crippen MR) is 178 cm³/mol. The van der Waals surface area contributed by atoms with Gasteiger partial charge in [0, 0.05) is 25.6 Å².